The van der Waals surface area contributed by atoms with Crippen LogP contribution in [0.15, 0.2) is 47.7 Å². The third-order valence-corrected chi connectivity index (χ3v) is 6.45. The molecule has 1 heterocycles. The van der Waals surface area contributed by atoms with E-state index in [4.69, 9.17) is 18.9 Å². The van der Waals surface area contributed by atoms with Gasteiger partial charge in [-0.25, -0.2) is 0 Å². The molecule has 2 aromatic rings. The molecule has 1 aliphatic carbocycles. The Hall–Kier alpha value is -3.48. The molecular weight excluding hydrogens is 446 g/mol. The van der Waals surface area contributed by atoms with Crippen LogP contribution in [-0.4, -0.2) is 38.6 Å². The Morgan fingerprint density at radius 1 is 0.886 bits per heavy atom. The summed E-state index contributed by atoms with van der Waals surface area (Å²) < 4.78 is 22.5. The van der Waals surface area contributed by atoms with Crippen molar-refractivity contribution in [3.63, 3.8) is 0 Å². The summed E-state index contributed by atoms with van der Waals surface area (Å²) in [6, 6.07) is 11.4. The predicted molar refractivity (Wildman–Crippen MR) is 132 cm³/mol. The molecule has 7 heteroatoms. The van der Waals surface area contributed by atoms with Gasteiger partial charge in [0.15, 0.2) is 28.8 Å². The van der Waals surface area contributed by atoms with Crippen LogP contribution in [0.2, 0.25) is 0 Å². The number of Topliss-reactive ketones (excluding diaryl/α,β-unsaturated/α-hetero) is 1. The number of ketones is 1. The summed E-state index contributed by atoms with van der Waals surface area (Å²) in [4.78, 5) is 26.1. The molecule has 4 rings (SSSR count). The van der Waals surface area contributed by atoms with Crippen molar-refractivity contribution in [1.29, 1.82) is 0 Å². The highest BCUT2D eigenvalue weighted by Crippen LogP contribution is 2.45. The van der Waals surface area contributed by atoms with E-state index < -0.39 is 0 Å². The first kappa shape index (κ1) is 24.6. The van der Waals surface area contributed by atoms with Crippen LogP contribution < -0.4 is 24.3 Å². The van der Waals surface area contributed by atoms with Crippen molar-refractivity contribution in [2.24, 2.45) is 0 Å². The van der Waals surface area contributed by atoms with Crippen molar-refractivity contribution in [3.05, 3.63) is 58.8 Å². The highest BCUT2D eigenvalue weighted by Gasteiger charge is 2.38. The van der Waals surface area contributed by atoms with E-state index in [0.29, 0.717) is 53.7 Å². The van der Waals surface area contributed by atoms with E-state index >= 15 is 0 Å². The molecule has 2 unspecified atom stereocenters. The summed E-state index contributed by atoms with van der Waals surface area (Å²) >= 11 is 0. The standard InChI is InChI=1S/C28H33NO6/c1-6-34-23-9-8-18(14-25(23)32-4)20-15-27(31)29-21-11-19(12-22(30)28(20)21)17-7-10-24(35-16(2)3)26(13-17)33-5/h7-10,13-14,16,19-20H,6,11-12,15H2,1-5H3,(H,29,31). The quantitative estimate of drug-likeness (QED) is 0.580. The monoisotopic (exact) mass is 479 g/mol. The Bertz CT molecular complexity index is 1150. The van der Waals surface area contributed by atoms with Gasteiger partial charge in [-0.05, 0) is 68.5 Å². The van der Waals surface area contributed by atoms with E-state index in [0.717, 1.165) is 11.1 Å². The molecule has 0 radical (unpaired) electrons. The smallest absolute Gasteiger partial charge is 0.225 e. The third kappa shape index (κ3) is 5.14. The molecule has 0 saturated carbocycles. The molecule has 2 aliphatic rings. The van der Waals surface area contributed by atoms with E-state index in [1.165, 1.54) is 0 Å². The summed E-state index contributed by atoms with van der Waals surface area (Å²) in [7, 11) is 3.19. The van der Waals surface area contributed by atoms with E-state index in [2.05, 4.69) is 5.32 Å². The van der Waals surface area contributed by atoms with E-state index in [1.807, 2.05) is 57.2 Å². The van der Waals surface area contributed by atoms with Crippen molar-refractivity contribution in [2.75, 3.05) is 20.8 Å². The normalized spacial score (nSPS) is 19.8. The lowest BCUT2D eigenvalue weighted by molar-refractivity contribution is -0.122. The lowest BCUT2D eigenvalue weighted by Crippen LogP contribution is -2.38. The number of ether oxygens (including phenoxy) is 4. The minimum atomic E-state index is -0.312. The number of benzene rings is 2. The first-order chi connectivity index (χ1) is 16.8. The molecule has 186 valence electrons. The second-order valence-electron chi connectivity index (χ2n) is 9.15. The highest BCUT2D eigenvalue weighted by atomic mass is 16.5. The largest absolute Gasteiger partial charge is 0.493 e. The van der Waals surface area contributed by atoms with Crippen LogP contribution in [0.1, 0.15) is 63.0 Å². The van der Waals surface area contributed by atoms with Crippen LogP contribution >= 0.6 is 0 Å². The summed E-state index contributed by atoms with van der Waals surface area (Å²) in [5.41, 5.74) is 3.26. The average Bonchev–Trinajstić information content (AvgIpc) is 2.83. The number of hydrogen-bond donors (Lipinski definition) is 1. The topological polar surface area (TPSA) is 83.1 Å². The number of carbonyl (C=O) groups is 2. The number of nitrogens with one attached hydrogen (secondary N) is 1. The Morgan fingerprint density at radius 2 is 1.54 bits per heavy atom. The number of rotatable bonds is 8. The fraction of sp³-hybridized carbons (Fsp3) is 0.429. The Morgan fingerprint density at radius 3 is 2.23 bits per heavy atom. The van der Waals surface area contributed by atoms with Crippen LogP contribution in [-0.2, 0) is 9.59 Å². The summed E-state index contributed by atoms with van der Waals surface area (Å²) in [5, 5.41) is 2.98. The second kappa shape index (κ2) is 10.4. The first-order valence-electron chi connectivity index (χ1n) is 12.1. The fourth-order valence-corrected chi connectivity index (χ4v) is 4.95. The van der Waals surface area contributed by atoms with Crippen molar-refractivity contribution in [1.82, 2.24) is 5.32 Å². The van der Waals surface area contributed by atoms with Crippen molar-refractivity contribution in [2.45, 2.75) is 58.0 Å². The summed E-state index contributed by atoms with van der Waals surface area (Å²) in [6.45, 7) is 6.35. The van der Waals surface area contributed by atoms with Crippen LogP contribution in [0.25, 0.3) is 0 Å². The van der Waals surface area contributed by atoms with Crippen molar-refractivity contribution < 1.29 is 28.5 Å². The fourth-order valence-electron chi connectivity index (χ4n) is 4.95. The zero-order valence-corrected chi connectivity index (χ0v) is 21.0. The lowest BCUT2D eigenvalue weighted by atomic mass is 9.73. The molecule has 1 amide bonds. The van der Waals surface area contributed by atoms with Gasteiger partial charge in [0.2, 0.25) is 5.91 Å². The van der Waals surface area contributed by atoms with E-state index in [9.17, 15) is 9.59 Å². The van der Waals surface area contributed by atoms with Gasteiger partial charge >= 0.3 is 0 Å². The molecular formula is C28H33NO6. The molecule has 1 N–H and O–H groups in total. The van der Waals surface area contributed by atoms with Gasteiger partial charge in [-0.3, -0.25) is 9.59 Å². The van der Waals surface area contributed by atoms with Crippen molar-refractivity contribution >= 4 is 11.7 Å². The molecule has 0 saturated heterocycles. The Kier molecular flexibility index (Phi) is 7.34. The third-order valence-electron chi connectivity index (χ3n) is 6.45. The van der Waals surface area contributed by atoms with Gasteiger partial charge in [0.1, 0.15) is 0 Å². The number of hydrogen-bond acceptors (Lipinski definition) is 6. The highest BCUT2D eigenvalue weighted by molar-refractivity contribution is 6.02. The van der Waals surface area contributed by atoms with Crippen LogP contribution in [0.4, 0.5) is 0 Å². The molecule has 0 spiro atoms. The van der Waals surface area contributed by atoms with E-state index in [1.54, 1.807) is 14.2 Å². The van der Waals surface area contributed by atoms with Gasteiger partial charge in [0.25, 0.3) is 0 Å². The zero-order valence-electron chi connectivity index (χ0n) is 21.0. The molecule has 35 heavy (non-hydrogen) atoms. The number of methoxy groups -OCH3 is 2. The van der Waals surface area contributed by atoms with Gasteiger partial charge < -0.3 is 24.3 Å². The predicted octanol–water partition coefficient (Wildman–Crippen LogP) is 4.89. The first-order valence-corrected chi connectivity index (χ1v) is 12.1. The summed E-state index contributed by atoms with van der Waals surface area (Å²) in [6.07, 6.45) is 1.19. The van der Waals surface area contributed by atoms with Gasteiger partial charge in [0, 0.05) is 30.0 Å². The minimum absolute atomic E-state index is 0.0225. The maximum atomic E-state index is 13.5. The maximum absolute atomic E-state index is 13.5. The van der Waals surface area contributed by atoms with Crippen LogP contribution in [0.3, 0.4) is 0 Å². The van der Waals surface area contributed by atoms with Gasteiger partial charge in [0.05, 0.1) is 26.9 Å². The Balaban J connectivity index is 1.66. The molecule has 2 atom stereocenters. The molecule has 7 nitrogen and oxygen atoms in total. The second-order valence-corrected chi connectivity index (χ2v) is 9.15. The Labute approximate surface area is 206 Å². The van der Waals surface area contributed by atoms with Crippen LogP contribution in [0.5, 0.6) is 23.0 Å². The molecule has 1 aliphatic heterocycles. The molecule has 2 aromatic carbocycles. The van der Waals surface area contributed by atoms with Gasteiger partial charge in [-0.1, -0.05) is 12.1 Å². The zero-order chi connectivity index (χ0) is 25.1. The average molecular weight is 480 g/mol. The SMILES string of the molecule is CCOc1ccc(C2CC(=O)NC3=C2C(=O)CC(c2ccc(OC(C)C)c(OC)c2)C3)cc1OC. The van der Waals surface area contributed by atoms with Crippen LogP contribution in [0, 0.1) is 0 Å². The van der Waals surface area contributed by atoms with Gasteiger partial charge in [-0.2, -0.15) is 0 Å². The molecule has 0 bridgehead atoms. The maximum Gasteiger partial charge on any atom is 0.225 e. The molecule has 0 fully saturated rings. The summed E-state index contributed by atoms with van der Waals surface area (Å²) in [5.74, 6) is 2.13. The number of allylic oxidation sites excluding steroid dienone is 2. The van der Waals surface area contributed by atoms with Crippen molar-refractivity contribution in [3.8, 4) is 23.0 Å². The lowest BCUT2D eigenvalue weighted by Gasteiger charge is -2.34. The van der Waals surface area contributed by atoms with Gasteiger partial charge in [-0.15, -0.1) is 0 Å². The minimum Gasteiger partial charge on any atom is -0.493 e. The van der Waals surface area contributed by atoms with E-state index in [-0.39, 0.29) is 36.1 Å². The number of amides is 1. The number of carbonyl (C=O) groups excluding carboxylic acids is 2. The molecule has 0 aromatic heterocycles.